The van der Waals surface area contributed by atoms with Gasteiger partial charge in [0.15, 0.2) is 0 Å². The Morgan fingerprint density at radius 1 is 1.40 bits per heavy atom. The summed E-state index contributed by atoms with van der Waals surface area (Å²) in [5, 5.41) is 0.666. The topological polar surface area (TPSA) is 17.8 Å². The van der Waals surface area contributed by atoms with E-state index in [2.05, 4.69) is 16.5 Å². The van der Waals surface area contributed by atoms with E-state index >= 15 is 0 Å². The minimum atomic E-state index is -0.102. The molecule has 1 heterocycles. The molecule has 1 aromatic carbocycles. The molecule has 0 amide bonds. The van der Waals surface area contributed by atoms with Crippen molar-refractivity contribution in [1.82, 2.24) is 9.55 Å². The van der Waals surface area contributed by atoms with Crippen LogP contribution in [-0.4, -0.2) is 9.55 Å². The maximum atomic E-state index is 6.40. The number of fused-ring (bicyclic) bond motifs is 1. The van der Waals surface area contributed by atoms with Crippen LogP contribution in [0, 0.1) is 11.8 Å². The van der Waals surface area contributed by atoms with Crippen molar-refractivity contribution in [1.29, 1.82) is 0 Å². The standard InChI is InChI=1S/C16H20Cl2N2/c1-10-5-3-6-12(10)9-20-15-13(18)7-4-8-14(15)19-16(20)11(2)17/h4,7-8,10-12H,3,5-6,9H2,1-2H3. The van der Waals surface area contributed by atoms with Crippen molar-refractivity contribution in [3.8, 4) is 0 Å². The van der Waals surface area contributed by atoms with E-state index in [9.17, 15) is 0 Å². The smallest absolute Gasteiger partial charge is 0.127 e. The molecule has 1 aromatic heterocycles. The van der Waals surface area contributed by atoms with Gasteiger partial charge in [0, 0.05) is 6.54 Å². The lowest BCUT2D eigenvalue weighted by Gasteiger charge is -2.19. The van der Waals surface area contributed by atoms with Crippen molar-refractivity contribution in [2.24, 2.45) is 11.8 Å². The van der Waals surface area contributed by atoms with Gasteiger partial charge in [0.05, 0.1) is 21.4 Å². The first-order chi connectivity index (χ1) is 9.58. The highest BCUT2D eigenvalue weighted by Gasteiger charge is 2.26. The number of rotatable bonds is 3. The number of alkyl halides is 1. The molecule has 2 nitrogen and oxygen atoms in total. The largest absolute Gasteiger partial charge is 0.325 e. The number of aromatic nitrogens is 2. The minimum Gasteiger partial charge on any atom is -0.325 e. The van der Waals surface area contributed by atoms with Crippen LogP contribution in [-0.2, 0) is 6.54 Å². The second kappa shape index (κ2) is 5.57. The summed E-state index contributed by atoms with van der Waals surface area (Å²) >= 11 is 12.7. The molecular formula is C16H20Cl2N2. The molecule has 1 aliphatic carbocycles. The maximum Gasteiger partial charge on any atom is 0.127 e. The number of para-hydroxylation sites is 1. The molecular weight excluding hydrogens is 291 g/mol. The average molecular weight is 311 g/mol. The zero-order valence-electron chi connectivity index (χ0n) is 11.9. The summed E-state index contributed by atoms with van der Waals surface area (Å²) in [5.41, 5.74) is 1.99. The molecule has 4 heteroatoms. The van der Waals surface area contributed by atoms with E-state index in [0.29, 0.717) is 5.92 Å². The Morgan fingerprint density at radius 2 is 2.20 bits per heavy atom. The molecule has 0 spiro atoms. The van der Waals surface area contributed by atoms with Crippen LogP contribution in [0.4, 0.5) is 0 Å². The molecule has 108 valence electrons. The Hall–Kier alpha value is -0.730. The van der Waals surface area contributed by atoms with Gasteiger partial charge in [-0.15, -0.1) is 11.6 Å². The van der Waals surface area contributed by atoms with Crippen LogP contribution >= 0.6 is 23.2 Å². The van der Waals surface area contributed by atoms with Gasteiger partial charge in [0.1, 0.15) is 5.82 Å². The third-order valence-electron chi connectivity index (χ3n) is 4.56. The van der Waals surface area contributed by atoms with Gasteiger partial charge in [-0.2, -0.15) is 0 Å². The minimum absolute atomic E-state index is 0.102. The molecule has 3 atom stereocenters. The van der Waals surface area contributed by atoms with E-state index in [-0.39, 0.29) is 5.38 Å². The highest BCUT2D eigenvalue weighted by atomic mass is 35.5. The summed E-state index contributed by atoms with van der Waals surface area (Å²) in [6.45, 7) is 5.31. The molecule has 1 fully saturated rings. The van der Waals surface area contributed by atoms with Crippen LogP contribution < -0.4 is 0 Å². The van der Waals surface area contributed by atoms with Gasteiger partial charge in [-0.1, -0.05) is 37.4 Å². The number of imidazole rings is 1. The Morgan fingerprint density at radius 3 is 2.85 bits per heavy atom. The zero-order chi connectivity index (χ0) is 14.3. The van der Waals surface area contributed by atoms with Crippen molar-refractivity contribution < 1.29 is 0 Å². The summed E-state index contributed by atoms with van der Waals surface area (Å²) in [7, 11) is 0. The lowest BCUT2D eigenvalue weighted by atomic mass is 9.98. The molecule has 1 saturated carbocycles. The van der Waals surface area contributed by atoms with Crippen LogP contribution in [0.3, 0.4) is 0 Å². The molecule has 2 aromatic rings. The number of halogens is 2. The molecule has 20 heavy (non-hydrogen) atoms. The highest BCUT2D eigenvalue weighted by Crippen LogP contribution is 2.36. The van der Waals surface area contributed by atoms with Crippen molar-refractivity contribution >= 4 is 34.2 Å². The van der Waals surface area contributed by atoms with E-state index in [0.717, 1.165) is 34.3 Å². The lowest BCUT2D eigenvalue weighted by molar-refractivity contribution is 0.363. The summed E-state index contributed by atoms with van der Waals surface area (Å²) < 4.78 is 2.25. The number of hydrogen-bond acceptors (Lipinski definition) is 1. The molecule has 1 aliphatic rings. The fourth-order valence-electron chi connectivity index (χ4n) is 3.38. The van der Waals surface area contributed by atoms with Crippen molar-refractivity contribution in [2.75, 3.05) is 0 Å². The van der Waals surface area contributed by atoms with E-state index in [1.54, 1.807) is 0 Å². The van der Waals surface area contributed by atoms with Gasteiger partial charge >= 0.3 is 0 Å². The fourth-order valence-corrected chi connectivity index (χ4v) is 3.81. The van der Waals surface area contributed by atoms with Gasteiger partial charge in [0.2, 0.25) is 0 Å². The molecule has 0 N–H and O–H groups in total. The third kappa shape index (κ3) is 2.44. The maximum absolute atomic E-state index is 6.40. The molecule has 0 aliphatic heterocycles. The average Bonchev–Trinajstić information content (AvgIpc) is 2.96. The Kier molecular flexibility index (Phi) is 3.96. The summed E-state index contributed by atoms with van der Waals surface area (Å²) in [4.78, 5) is 4.69. The molecule has 0 saturated heterocycles. The van der Waals surface area contributed by atoms with Gasteiger partial charge in [-0.05, 0) is 37.3 Å². The normalized spacial score (nSPS) is 24.4. The second-order valence-corrected chi connectivity index (χ2v) is 7.03. The van der Waals surface area contributed by atoms with Crippen molar-refractivity contribution in [3.63, 3.8) is 0 Å². The van der Waals surface area contributed by atoms with Gasteiger partial charge < -0.3 is 4.57 Å². The highest BCUT2D eigenvalue weighted by molar-refractivity contribution is 6.35. The quantitative estimate of drug-likeness (QED) is 0.691. The SMILES string of the molecule is CC(Cl)c1nc2cccc(Cl)c2n1CC1CCCC1C. The Labute approximate surface area is 130 Å². The first-order valence-corrected chi connectivity index (χ1v) is 8.18. The van der Waals surface area contributed by atoms with Crippen molar-refractivity contribution in [3.05, 3.63) is 29.0 Å². The van der Waals surface area contributed by atoms with Gasteiger partial charge in [-0.25, -0.2) is 4.98 Å². The Bertz CT molecular complexity index is 618. The van der Waals surface area contributed by atoms with Gasteiger partial charge in [0.25, 0.3) is 0 Å². The van der Waals surface area contributed by atoms with Crippen LogP contribution in [0.2, 0.25) is 5.02 Å². The monoisotopic (exact) mass is 310 g/mol. The summed E-state index contributed by atoms with van der Waals surface area (Å²) in [5.74, 6) is 2.42. The van der Waals surface area contributed by atoms with E-state index in [1.807, 2.05) is 25.1 Å². The predicted octanol–water partition coefficient (Wildman–Crippen LogP) is 5.43. The zero-order valence-corrected chi connectivity index (χ0v) is 13.5. The molecule has 0 bridgehead atoms. The van der Waals surface area contributed by atoms with Crippen LogP contribution in [0.5, 0.6) is 0 Å². The summed E-state index contributed by atoms with van der Waals surface area (Å²) in [6, 6.07) is 5.89. The van der Waals surface area contributed by atoms with Crippen molar-refractivity contribution in [2.45, 2.75) is 45.0 Å². The van der Waals surface area contributed by atoms with Crippen LogP contribution in [0.25, 0.3) is 11.0 Å². The van der Waals surface area contributed by atoms with Crippen LogP contribution in [0.1, 0.15) is 44.3 Å². The number of nitrogens with zero attached hydrogens (tertiary/aromatic N) is 2. The van der Waals surface area contributed by atoms with Gasteiger partial charge in [-0.3, -0.25) is 0 Å². The molecule has 3 rings (SSSR count). The first kappa shape index (κ1) is 14.2. The number of hydrogen-bond donors (Lipinski definition) is 0. The lowest BCUT2D eigenvalue weighted by Crippen LogP contribution is -2.15. The molecule has 0 radical (unpaired) electrons. The van der Waals surface area contributed by atoms with E-state index < -0.39 is 0 Å². The summed E-state index contributed by atoms with van der Waals surface area (Å²) in [6.07, 6.45) is 3.95. The predicted molar refractivity (Wildman–Crippen MR) is 85.5 cm³/mol. The number of benzene rings is 1. The van der Waals surface area contributed by atoms with E-state index in [1.165, 1.54) is 19.3 Å². The second-order valence-electron chi connectivity index (χ2n) is 5.97. The third-order valence-corrected chi connectivity index (χ3v) is 5.06. The fraction of sp³-hybridized carbons (Fsp3) is 0.562. The Balaban J connectivity index is 2.08. The molecule has 3 unspecified atom stereocenters. The van der Waals surface area contributed by atoms with E-state index in [4.69, 9.17) is 23.2 Å². The van der Waals surface area contributed by atoms with Crippen LogP contribution in [0.15, 0.2) is 18.2 Å². The first-order valence-electron chi connectivity index (χ1n) is 7.36.